The third-order valence-corrected chi connectivity index (χ3v) is 4.19. The minimum atomic E-state index is -0.695. The molecule has 0 unspecified atom stereocenters. The normalized spacial score (nSPS) is 19.3. The summed E-state index contributed by atoms with van der Waals surface area (Å²) in [7, 11) is 0. The maximum Gasteiger partial charge on any atom is 0.223 e. The van der Waals surface area contributed by atoms with Crippen LogP contribution in [0.1, 0.15) is 25.5 Å². The number of hydrogen-bond donors (Lipinski definition) is 3. The number of nitrogens with two attached hydrogens (primary N) is 1. The summed E-state index contributed by atoms with van der Waals surface area (Å²) in [6.45, 7) is 4.18. The molecule has 0 atom stereocenters. The summed E-state index contributed by atoms with van der Waals surface area (Å²) in [6.07, 6.45) is 1.40. The molecular weight excluding hydrogens is 264 g/mol. The highest BCUT2D eigenvalue weighted by Gasteiger charge is 2.30. The number of hydrogen-bond acceptors (Lipinski definition) is 6. The number of amides is 1. The first-order valence-corrected chi connectivity index (χ1v) is 7.25. The molecule has 0 bridgehead atoms. The zero-order valence-electron chi connectivity index (χ0n) is 11.1. The molecule has 0 aromatic carbocycles. The number of rotatable bonds is 4. The fourth-order valence-corrected chi connectivity index (χ4v) is 2.90. The van der Waals surface area contributed by atoms with Gasteiger partial charge in [0.2, 0.25) is 5.91 Å². The maximum atomic E-state index is 10.9. The lowest BCUT2D eigenvalue weighted by atomic mass is 9.91. The van der Waals surface area contributed by atoms with Crippen molar-refractivity contribution in [1.29, 1.82) is 0 Å². The predicted molar refractivity (Wildman–Crippen MR) is 74.9 cm³/mol. The van der Waals surface area contributed by atoms with Crippen molar-refractivity contribution in [2.75, 3.05) is 25.0 Å². The number of carbonyl (C=O) groups is 1. The second-order valence-electron chi connectivity index (χ2n) is 5.03. The number of likely N-dealkylation sites (tertiary alicyclic amines) is 1. The second kappa shape index (κ2) is 5.96. The van der Waals surface area contributed by atoms with E-state index in [4.69, 9.17) is 5.73 Å². The molecule has 2 rings (SSSR count). The van der Waals surface area contributed by atoms with Crippen LogP contribution in [0, 0.1) is 0 Å². The number of nitrogens with zero attached hydrogens (tertiary/aromatic N) is 2. The van der Waals surface area contributed by atoms with Gasteiger partial charge in [-0.05, 0) is 12.8 Å². The van der Waals surface area contributed by atoms with Crippen molar-refractivity contribution < 1.29 is 9.90 Å². The van der Waals surface area contributed by atoms with Gasteiger partial charge in [0, 0.05) is 38.5 Å². The van der Waals surface area contributed by atoms with Gasteiger partial charge in [0.1, 0.15) is 0 Å². The largest absolute Gasteiger partial charge is 0.388 e. The number of aromatic nitrogens is 1. The van der Waals surface area contributed by atoms with Gasteiger partial charge in [-0.3, -0.25) is 9.69 Å². The standard InChI is InChI=1S/C12H20N4O2S/c1-9(17)14-11-15-10(7-19-11)6-16-4-2-12(18,8-13)3-5-16/h7,18H,2-6,8,13H2,1H3,(H,14,15,17). The summed E-state index contributed by atoms with van der Waals surface area (Å²) in [5.41, 5.74) is 5.82. The van der Waals surface area contributed by atoms with Crippen LogP contribution in [0.5, 0.6) is 0 Å². The molecule has 7 heteroatoms. The number of piperidine rings is 1. The van der Waals surface area contributed by atoms with E-state index in [1.807, 2.05) is 5.38 Å². The first-order valence-electron chi connectivity index (χ1n) is 6.37. The summed E-state index contributed by atoms with van der Waals surface area (Å²) in [5.74, 6) is -0.105. The molecule has 2 heterocycles. The van der Waals surface area contributed by atoms with E-state index in [9.17, 15) is 9.90 Å². The summed E-state index contributed by atoms with van der Waals surface area (Å²) < 4.78 is 0. The van der Waals surface area contributed by atoms with Gasteiger partial charge in [-0.1, -0.05) is 0 Å². The topological polar surface area (TPSA) is 91.5 Å². The molecule has 0 radical (unpaired) electrons. The zero-order chi connectivity index (χ0) is 13.9. The molecule has 1 aliphatic rings. The molecule has 0 aliphatic carbocycles. The summed E-state index contributed by atoms with van der Waals surface area (Å²) in [5, 5.41) is 15.3. The van der Waals surface area contributed by atoms with Crippen molar-refractivity contribution in [3.63, 3.8) is 0 Å². The Bertz CT molecular complexity index is 441. The fourth-order valence-electron chi connectivity index (χ4n) is 2.15. The first-order chi connectivity index (χ1) is 9.00. The van der Waals surface area contributed by atoms with Gasteiger partial charge in [-0.2, -0.15) is 0 Å². The molecule has 4 N–H and O–H groups in total. The average molecular weight is 284 g/mol. The Morgan fingerprint density at radius 2 is 2.32 bits per heavy atom. The molecule has 6 nitrogen and oxygen atoms in total. The maximum absolute atomic E-state index is 10.9. The molecule has 0 spiro atoms. The highest BCUT2D eigenvalue weighted by molar-refractivity contribution is 7.13. The molecule has 1 aliphatic heterocycles. The number of thiazole rings is 1. The third-order valence-electron chi connectivity index (χ3n) is 3.39. The smallest absolute Gasteiger partial charge is 0.223 e. The highest BCUT2D eigenvalue weighted by atomic mass is 32.1. The Morgan fingerprint density at radius 1 is 1.63 bits per heavy atom. The highest BCUT2D eigenvalue weighted by Crippen LogP contribution is 2.23. The van der Waals surface area contributed by atoms with Crippen LogP contribution >= 0.6 is 11.3 Å². The molecule has 106 valence electrons. The first kappa shape index (κ1) is 14.4. The zero-order valence-corrected chi connectivity index (χ0v) is 11.9. The van der Waals surface area contributed by atoms with E-state index < -0.39 is 5.60 Å². The van der Waals surface area contributed by atoms with Crippen molar-refractivity contribution in [2.24, 2.45) is 5.73 Å². The van der Waals surface area contributed by atoms with Crippen LogP contribution in [-0.4, -0.2) is 46.1 Å². The van der Waals surface area contributed by atoms with Crippen LogP contribution in [-0.2, 0) is 11.3 Å². The lowest BCUT2D eigenvalue weighted by molar-refractivity contribution is -0.114. The van der Waals surface area contributed by atoms with Crippen LogP contribution in [0.3, 0.4) is 0 Å². The monoisotopic (exact) mass is 284 g/mol. The summed E-state index contributed by atoms with van der Waals surface area (Å²) in [4.78, 5) is 17.5. The Morgan fingerprint density at radius 3 is 2.89 bits per heavy atom. The molecule has 1 amide bonds. The predicted octanol–water partition coefficient (Wildman–Crippen LogP) is 0.387. The third kappa shape index (κ3) is 3.97. The fraction of sp³-hybridized carbons (Fsp3) is 0.667. The van der Waals surface area contributed by atoms with Crippen LogP contribution < -0.4 is 11.1 Å². The number of aliphatic hydroxyl groups is 1. The van der Waals surface area contributed by atoms with E-state index in [-0.39, 0.29) is 5.91 Å². The number of anilines is 1. The second-order valence-corrected chi connectivity index (χ2v) is 5.89. The van der Waals surface area contributed by atoms with E-state index in [2.05, 4.69) is 15.2 Å². The Hall–Kier alpha value is -1.02. The van der Waals surface area contributed by atoms with Crippen molar-refractivity contribution >= 4 is 22.4 Å². The van der Waals surface area contributed by atoms with Gasteiger partial charge < -0.3 is 16.2 Å². The van der Waals surface area contributed by atoms with Gasteiger partial charge in [-0.15, -0.1) is 11.3 Å². The lowest BCUT2D eigenvalue weighted by Gasteiger charge is -2.37. The minimum absolute atomic E-state index is 0.105. The van der Waals surface area contributed by atoms with Crippen molar-refractivity contribution in [3.8, 4) is 0 Å². The van der Waals surface area contributed by atoms with Crippen molar-refractivity contribution in [2.45, 2.75) is 31.9 Å². The Labute approximate surface area is 116 Å². The van der Waals surface area contributed by atoms with E-state index in [1.165, 1.54) is 18.3 Å². The minimum Gasteiger partial charge on any atom is -0.388 e. The summed E-state index contributed by atoms with van der Waals surface area (Å²) in [6, 6.07) is 0. The van der Waals surface area contributed by atoms with Gasteiger partial charge in [-0.25, -0.2) is 4.98 Å². The molecular formula is C12H20N4O2S. The molecule has 19 heavy (non-hydrogen) atoms. The van der Waals surface area contributed by atoms with Gasteiger partial charge in [0.15, 0.2) is 5.13 Å². The van der Waals surface area contributed by atoms with E-state index in [1.54, 1.807) is 0 Å². The van der Waals surface area contributed by atoms with E-state index in [0.717, 1.165) is 25.3 Å². The molecule has 0 saturated carbocycles. The Kier molecular flexibility index (Phi) is 4.51. The van der Waals surface area contributed by atoms with Crippen LogP contribution in [0.15, 0.2) is 5.38 Å². The van der Waals surface area contributed by atoms with Crippen LogP contribution in [0.25, 0.3) is 0 Å². The lowest BCUT2D eigenvalue weighted by Crippen LogP contribution is -2.48. The molecule has 1 fully saturated rings. The Balaban J connectivity index is 1.85. The number of nitrogens with one attached hydrogen (secondary N) is 1. The van der Waals surface area contributed by atoms with Crippen LogP contribution in [0.4, 0.5) is 5.13 Å². The molecule has 1 saturated heterocycles. The average Bonchev–Trinajstić information content (AvgIpc) is 2.79. The van der Waals surface area contributed by atoms with E-state index >= 15 is 0 Å². The van der Waals surface area contributed by atoms with Gasteiger partial charge in [0.05, 0.1) is 11.3 Å². The SMILES string of the molecule is CC(=O)Nc1nc(CN2CCC(O)(CN)CC2)cs1. The van der Waals surface area contributed by atoms with Crippen molar-refractivity contribution in [1.82, 2.24) is 9.88 Å². The van der Waals surface area contributed by atoms with Crippen molar-refractivity contribution in [3.05, 3.63) is 11.1 Å². The van der Waals surface area contributed by atoms with E-state index in [0.29, 0.717) is 24.5 Å². The van der Waals surface area contributed by atoms with Crippen LogP contribution in [0.2, 0.25) is 0 Å². The summed E-state index contributed by atoms with van der Waals surface area (Å²) >= 11 is 1.43. The van der Waals surface area contributed by atoms with Gasteiger partial charge in [0.25, 0.3) is 0 Å². The quantitative estimate of drug-likeness (QED) is 0.744. The molecule has 1 aromatic rings. The molecule has 1 aromatic heterocycles. The number of carbonyl (C=O) groups excluding carboxylic acids is 1. The van der Waals surface area contributed by atoms with Gasteiger partial charge >= 0.3 is 0 Å².